The first-order valence-electron chi connectivity index (χ1n) is 8.57. The Morgan fingerprint density at radius 3 is 2.50 bits per heavy atom. The topological polar surface area (TPSA) is 66.5 Å². The van der Waals surface area contributed by atoms with Gasteiger partial charge in [-0.1, -0.05) is 41.9 Å². The summed E-state index contributed by atoms with van der Waals surface area (Å²) < 4.78 is 27.0. The molecule has 5 nitrogen and oxygen atoms in total. The van der Waals surface area contributed by atoms with Crippen molar-refractivity contribution in [3.63, 3.8) is 0 Å². The zero-order chi connectivity index (χ0) is 18.6. The molecule has 1 aliphatic heterocycles. The molecule has 0 saturated carbocycles. The van der Waals surface area contributed by atoms with Gasteiger partial charge < -0.3 is 5.32 Å². The van der Waals surface area contributed by atoms with Gasteiger partial charge in [-0.3, -0.25) is 4.79 Å². The SMILES string of the molecule is O=C(NCCc1ccccc1)[C@H]1CCCN1S(=O)(=O)c1ccc(Cl)cc1. The lowest BCUT2D eigenvalue weighted by atomic mass is 10.1. The number of hydrogen-bond acceptors (Lipinski definition) is 3. The molecule has 138 valence electrons. The van der Waals surface area contributed by atoms with E-state index in [0.717, 1.165) is 5.56 Å². The van der Waals surface area contributed by atoms with Crippen LogP contribution in [0.4, 0.5) is 0 Å². The van der Waals surface area contributed by atoms with E-state index >= 15 is 0 Å². The third-order valence-corrected chi connectivity index (χ3v) is 6.66. The first kappa shape index (κ1) is 18.9. The maximum absolute atomic E-state index is 12.9. The van der Waals surface area contributed by atoms with E-state index in [4.69, 9.17) is 11.6 Å². The van der Waals surface area contributed by atoms with E-state index in [1.807, 2.05) is 30.3 Å². The van der Waals surface area contributed by atoms with Gasteiger partial charge in [0.15, 0.2) is 0 Å². The number of benzene rings is 2. The van der Waals surface area contributed by atoms with Crippen molar-refractivity contribution in [3.8, 4) is 0 Å². The van der Waals surface area contributed by atoms with Gasteiger partial charge in [-0.05, 0) is 49.1 Å². The minimum Gasteiger partial charge on any atom is -0.354 e. The predicted molar refractivity (Wildman–Crippen MR) is 102 cm³/mol. The van der Waals surface area contributed by atoms with Crippen molar-refractivity contribution in [1.29, 1.82) is 0 Å². The van der Waals surface area contributed by atoms with Crippen LogP contribution in [0.5, 0.6) is 0 Å². The number of carbonyl (C=O) groups is 1. The molecule has 2 aromatic carbocycles. The van der Waals surface area contributed by atoms with E-state index in [0.29, 0.717) is 37.4 Å². The van der Waals surface area contributed by atoms with Gasteiger partial charge in [0.1, 0.15) is 6.04 Å². The molecule has 1 heterocycles. The molecule has 2 aromatic rings. The molecule has 3 rings (SSSR count). The van der Waals surface area contributed by atoms with Crippen molar-refractivity contribution in [2.24, 2.45) is 0 Å². The fraction of sp³-hybridized carbons (Fsp3) is 0.316. The number of halogens is 1. The molecule has 1 fully saturated rings. The summed E-state index contributed by atoms with van der Waals surface area (Å²) in [6.07, 6.45) is 1.91. The van der Waals surface area contributed by atoms with Gasteiger partial charge in [-0.15, -0.1) is 0 Å². The van der Waals surface area contributed by atoms with E-state index in [2.05, 4.69) is 5.32 Å². The molecule has 1 atom stereocenters. The molecule has 0 aromatic heterocycles. The third kappa shape index (κ3) is 4.26. The minimum absolute atomic E-state index is 0.158. The van der Waals surface area contributed by atoms with Crippen molar-refractivity contribution >= 4 is 27.5 Å². The van der Waals surface area contributed by atoms with Crippen LogP contribution in [-0.4, -0.2) is 37.8 Å². The van der Waals surface area contributed by atoms with E-state index in [9.17, 15) is 13.2 Å². The molecule has 0 bridgehead atoms. The maximum Gasteiger partial charge on any atom is 0.243 e. The Morgan fingerprint density at radius 2 is 1.81 bits per heavy atom. The summed E-state index contributed by atoms with van der Waals surface area (Å²) in [7, 11) is -3.71. The van der Waals surface area contributed by atoms with Crippen LogP contribution in [0.2, 0.25) is 5.02 Å². The Labute approximate surface area is 159 Å². The van der Waals surface area contributed by atoms with Crippen LogP contribution in [0.3, 0.4) is 0 Å². The van der Waals surface area contributed by atoms with Crippen LogP contribution >= 0.6 is 11.6 Å². The van der Waals surface area contributed by atoms with Crippen LogP contribution in [0.1, 0.15) is 18.4 Å². The second-order valence-electron chi connectivity index (χ2n) is 6.25. The minimum atomic E-state index is -3.71. The maximum atomic E-state index is 12.9. The molecular formula is C19H21ClN2O3S. The molecule has 1 N–H and O–H groups in total. The van der Waals surface area contributed by atoms with Gasteiger partial charge in [0.05, 0.1) is 4.90 Å². The second kappa shape index (κ2) is 8.20. The summed E-state index contributed by atoms with van der Waals surface area (Å²) in [5.41, 5.74) is 1.13. The summed E-state index contributed by atoms with van der Waals surface area (Å²) in [6.45, 7) is 0.829. The number of nitrogens with one attached hydrogen (secondary N) is 1. The fourth-order valence-electron chi connectivity index (χ4n) is 3.12. The summed E-state index contributed by atoms with van der Waals surface area (Å²) in [5, 5.41) is 3.34. The highest BCUT2D eigenvalue weighted by atomic mass is 35.5. The lowest BCUT2D eigenvalue weighted by molar-refractivity contribution is -0.124. The number of sulfonamides is 1. The first-order valence-corrected chi connectivity index (χ1v) is 10.4. The normalized spacial score (nSPS) is 18.0. The zero-order valence-corrected chi connectivity index (χ0v) is 15.8. The second-order valence-corrected chi connectivity index (χ2v) is 8.58. The highest BCUT2D eigenvalue weighted by molar-refractivity contribution is 7.89. The Balaban J connectivity index is 1.65. The van der Waals surface area contributed by atoms with Crippen molar-refractivity contribution in [3.05, 3.63) is 65.2 Å². The molecular weight excluding hydrogens is 372 g/mol. The van der Waals surface area contributed by atoms with Crippen molar-refractivity contribution in [1.82, 2.24) is 9.62 Å². The molecule has 0 unspecified atom stereocenters. The van der Waals surface area contributed by atoms with Crippen LogP contribution in [0.25, 0.3) is 0 Å². The number of nitrogens with zero attached hydrogens (tertiary/aromatic N) is 1. The van der Waals surface area contributed by atoms with E-state index in [1.54, 1.807) is 12.1 Å². The average Bonchev–Trinajstić information content (AvgIpc) is 3.14. The van der Waals surface area contributed by atoms with Crippen molar-refractivity contribution in [2.45, 2.75) is 30.2 Å². The van der Waals surface area contributed by atoms with E-state index < -0.39 is 16.1 Å². The van der Waals surface area contributed by atoms with Gasteiger partial charge in [-0.25, -0.2) is 8.42 Å². The van der Waals surface area contributed by atoms with E-state index in [-0.39, 0.29) is 10.8 Å². The largest absolute Gasteiger partial charge is 0.354 e. The lowest BCUT2D eigenvalue weighted by Crippen LogP contribution is -2.46. The smallest absolute Gasteiger partial charge is 0.243 e. The quantitative estimate of drug-likeness (QED) is 0.822. The number of amides is 1. The van der Waals surface area contributed by atoms with Crippen molar-refractivity contribution < 1.29 is 13.2 Å². The Bertz CT molecular complexity index is 854. The Hall–Kier alpha value is -1.89. The van der Waals surface area contributed by atoms with E-state index in [1.165, 1.54) is 16.4 Å². The Morgan fingerprint density at radius 1 is 1.12 bits per heavy atom. The average molecular weight is 393 g/mol. The lowest BCUT2D eigenvalue weighted by Gasteiger charge is -2.23. The monoisotopic (exact) mass is 392 g/mol. The summed E-state index contributed by atoms with van der Waals surface area (Å²) in [5.74, 6) is -0.240. The fourth-order valence-corrected chi connectivity index (χ4v) is 4.91. The Kier molecular flexibility index (Phi) is 5.96. The summed E-state index contributed by atoms with van der Waals surface area (Å²) in [4.78, 5) is 12.7. The molecule has 7 heteroatoms. The van der Waals surface area contributed by atoms with Gasteiger partial charge in [0.2, 0.25) is 15.9 Å². The number of carbonyl (C=O) groups excluding carboxylic acids is 1. The molecule has 1 amide bonds. The molecule has 1 aliphatic rings. The van der Waals surface area contributed by atoms with Crippen molar-refractivity contribution in [2.75, 3.05) is 13.1 Å². The van der Waals surface area contributed by atoms with Crippen LogP contribution < -0.4 is 5.32 Å². The first-order chi connectivity index (χ1) is 12.5. The number of rotatable bonds is 6. The standard InChI is InChI=1S/C19H21ClN2O3S/c20-16-8-10-17(11-9-16)26(24,25)22-14-4-7-18(22)19(23)21-13-12-15-5-2-1-3-6-15/h1-3,5-6,8-11,18H,4,7,12-14H2,(H,21,23)/t18-/m1/s1. The molecule has 0 spiro atoms. The molecule has 26 heavy (non-hydrogen) atoms. The predicted octanol–water partition coefficient (Wildman–Crippen LogP) is 2.85. The highest BCUT2D eigenvalue weighted by Crippen LogP contribution is 2.27. The van der Waals surface area contributed by atoms with Gasteiger partial charge in [0.25, 0.3) is 0 Å². The highest BCUT2D eigenvalue weighted by Gasteiger charge is 2.39. The number of hydrogen-bond donors (Lipinski definition) is 1. The van der Waals surface area contributed by atoms with Gasteiger partial charge in [0, 0.05) is 18.1 Å². The van der Waals surface area contributed by atoms with Gasteiger partial charge >= 0.3 is 0 Å². The molecule has 0 aliphatic carbocycles. The molecule has 1 saturated heterocycles. The molecule has 0 radical (unpaired) electrons. The van der Waals surface area contributed by atoms with Crippen LogP contribution in [0, 0.1) is 0 Å². The summed E-state index contributed by atoms with van der Waals surface area (Å²) >= 11 is 5.84. The summed E-state index contributed by atoms with van der Waals surface area (Å²) in [6, 6.07) is 15.2. The van der Waals surface area contributed by atoms with Crippen LogP contribution in [-0.2, 0) is 21.2 Å². The van der Waals surface area contributed by atoms with Crippen LogP contribution in [0.15, 0.2) is 59.5 Å². The van der Waals surface area contributed by atoms with Gasteiger partial charge in [-0.2, -0.15) is 4.31 Å². The third-order valence-electron chi connectivity index (χ3n) is 4.48. The zero-order valence-electron chi connectivity index (χ0n) is 14.3.